The molecule has 3 aromatic rings. The minimum absolute atomic E-state index is 0.0502. The van der Waals surface area contributed by atoms with Crippen molar-refractivity contribution in [2.45, 2.75) is 32.0 Å². The van der Waals surface area contributed by atoms with E-state index in [-0.39, 0.29) is 33.8 Å². The van der Waals surface area contributed by atoms with E-state index in [0.717, 1.165) is 11.8 Å². The first-order valence-electron chi connectivity index (χ1n) is 10.7. The van der Waals surface area contributed by atoms with Gasteiger partial charge in [0.25, 0.3) is 17.3 Å². The van der Waals surface area contributed by atoms with Crippen molar-refractivity contribution in [1.29, 1.82) is 0 Å². The lowest BCUT2D eigenvalue weighted by Crippen LogP contribution is -2.32. The molecular weight excluding hydrogens is 490 g/mol. The molecule has 0 aliphatic heterocycles. The minimum atomic E-state index is -0.577. The van der Waals surface area contributed by atoms with Gasteiger partial charge in [0.15, 0.2) is 0 Å². The Morgan fingerprint density at radius 1 is 1.11 bits per heavy atom. The summed E-state index contributed by atoms with van der Waals surface area (Å²) in [4.78, 5) is 50.3. The molecule has 0 radical (unpaired) electrons. The predicted molar refractivity (Wildman–Crippen MR) is 132 cm³/mol. The number of non-ortho nitro benzene ring substituents is 1. The highest BCUT2D eigenvalue weighted by Gasteiger charge is 2.24. The summed E-state index contributed by atoms with van der Waals surface area (Å²) in [5.41, 5.74) is 0.638. The lowest BCUT2D eigenvalue weighted by Gasteiger charge is -2.19. The summed E-state index contributed by atoms with van der Waals surface area (Å²) in [5.74, 6) is -0.691. The molecule has 1 atom stereocenters. The number of benzene rings is 2. The molecule has 0 fully saturated rings. The van der Waals surface area contributed by atoms with E-state index < -0.39 is 27.7 Å². The zero-order valence-corrected chi connectivity index (χ0v) is 20.4. The molecular formula is C22H23N7O6S. The molecule has 13 nitrogen and oxygen atoms in total. The van der Waals surface area contributed by atoms with Crippen LogP contribution in [0.15, 0.2) is 47.6 Å². The van der Waals surface area contributed by atoms with Crippen molar-refractivity contribution in [2.75, 3.05) is 11.1 Å². The van der Waals surface area contributed by atoms with Crippen LogP contribution in [0.3, 0.4) is 0 Å². The Labute approximate surface area is 209 Å². The summed E-state index contributed by atoms with van der Waals surface area (Å²) in [6.07, 6.45) is 0. The number of nitro groups is 2. The molecule has 14 heteroatoms. The zero-order valence-electron chi connectivity index (χ0n) is 19.5. The van der Waals surface area contributed by atoms with Crippen LogP contribution in [-0.4, -0.2) is 42.6 Å². The van der Waals surface area contributed by atoms with Crippen LogP contribution in [-0.2, 0) is 4.79 Å². The molecule has 36 heavy (non-hydrogen) atoms. The molecule has 2 amide bonds. The maximum absolute atomic E-state index is 12.7. The molecule has 188 valence electrons. The van der Waals surface area contributed by atoms with E-state index in [1.807, 2.05) is 13.8 Å². The summed E-state index contributed by atoms with van der Waals surface area (Å²) in [6, 6.07) is 9.25. The van der Waals surface area contributed by atoms with Crippen LogP contribution >= 0.6 is 11.8 Å². The Morgan fingerprint density at radius 2 is 1.86 bits per heavy atom. The number of carbonyl (C=O) groups is 2. The Balaban J connectivity index is 1.62. The number of nitro benzene ring substituents is 2. The van der Waals surface area contributed by atoms with Gasteiger partial charge in [0, 0.05) is 35.0 Å². The van der Waals surface area contributed by atoms with Gasteiger partial charge in [-0.3, -0.25) is 34.9 Å². The molecule has 0 saturated carbocycles. The Bertz CT molecular complexity index is 1310. The number of hydrogen-bond donors (Lipinski definition) is 3. The number of rotatable bonds is 10. The van der Waals surface area contributed by atoms with E-state index >= 15 is 0 Å². The third-order valence-electron chi connectivity index (χ3n) is 5.07. The van der Waals surface area contributed by atoms with Gasteiger partial charge in [-0.1, -0.05) is 37.7 Å². The second kappa shape index (κ2) is 11.4. The largest absolute Gasteiger partial charge is 0.342 e. The average molecular weight is 514 g/mol. The zero-order chi connectivity index (χ0) is 26.4. The molecule has 0 bridgehead atoms. The normalized spacial score (nSPS) is 11.7. The first-order chi connectivity index (χ1) is 17.0. The maximum atomic E-state index is 12.7. The number of amides is 2. The van der Waals surface area contributed by atoms with Gasteiger partial charge in [0.2, 0.25) is 11.1 Å². The number of carbonyl (C=O) groups excluding carboxylic acids is 2. The first kappa shape index (κ1) is 26.3. The van der Waals surface area contributed by atoms with Crippen LogP contribution < -0.4 is 10.6 Å². The fraction of sp³-hybridized carbons (Fsp3) is 0.273. The van der Waals surface area contributed by atoms with Crippen LogP contribution in [0, 0.1) is 33.1 Å². The first-order valence-corrected chi connectivity index (χ1v) is 11.7. The summed E-state index contributed by atoms with van der Waals surface area (Å²) in [7, 11) is 0. The third kappa shape index (κ3) is 6.63. The fourth-order valence-corrected chi connectivity index (χ4v) is 3.81. The molecule has 0 saturated heterocycles. The Hall–Kier alpha value is -4.33. The van der Waals surface area contributed by atoms with Gasteiger partial charge in [-0.25, -0.2) is 4.98 Å². The number of thioether (sulfide) groups is 1. The van der Waals surface area contributed by atoms with Crippen LogP contribution in [0.5, 0.6) is 0 Å². The number of anilines is 1. The quantitative estimate of drug-likeness (QED) is 0.206. The van der Waals surface area contributed by atoms with Crippen LogP contribution in [0.2, 0.25) is 0 Å². The molecule has 3 N–H and O–H groups in total. The van der Waals surface area contributed by atoms with Gasteiger partial charge in [-0.15, -0.1) is 5.10 Å². The fourth-order valence-electron chi connectivity index (χ4n) is 3.21. The summed E-state index contributed by atoms with van der Waals surface area (Å²) in [5, 5.41) is 34.6. The van der Waals surface area contributed by atoms with E-state index in [9.17, 15) is 29.8 Å². The van der Waals surface area contributed by atoms with Crippen molar-refractivity contribution in [3.8, 4) is 0 Å². The molecule has 0 aliphatic carbocycles. The molecule has 0 unspecified atom stereocenters. The second-order valence-electron chi connectivity index (χ2n) is 8.10. The van der Waals surface area contributed by atoms with Crippen molar-refractivity contribution in [2.24, 2.45) is 5.92 Å². The van der Waals surface area contributed by atoms with Gasteiger partial charge in [-0.2, -0.15) is 0 Å². The number of H-pyrrole nitrogens is 1. The van der Waals surface area contributed by atoms with E-state index in [4.69, 9.17) is 0 Å². The van der Waals surface area contributed by atoms with Crippen molar-refractivity contribution < 1.29 is 19.4 Å². The highest BCUT2D eigenvalue weighted by molar-refractivity contribution is 7.99. The molecule has 0 aliphatic rings. The topological polar surface area (TPSA) is 186 Å². The number of aromatic nitrogens is 3. The number of aryl methyl sites for hydroxylation is 1. The van der Waals surface area contributed by atoms with E-state index in [0.29, 0.717) is 17.1 Å². The summed E-state index contributed by atoms with van der Waals surface area (Å²) >= 11 is 1.04. The second-order valence-corrected chi connectivity index (χ2v) is 9.04. The molecule has 3 rings (SSSR count). The molecule has 1 heterocycles. The lowest BCUT2D eigenvalue weighted by atomic mass is 10.0. The Morgan fingerprint density at radius 3 is 2.53 bits per heavy atom. The minimum Gasteiger partial charge on any atom is -0.342 e. The van der Waals surface area contributed by atoms with Crippen LogP contribution in [0.4, 0.5) is 17.1 Å². The van der Waals surface area contributed by atoms with Crippen LogP contribution in [0.25, 0.3) is 0 Å². The molecule has 2 aromatic carbocycles. The highest BCUT2D eigenvalue weighted by Crippen LogP contribution is 2.24. The van der Waals surface area contributed by atoms with Crippen molar-refractivity contribution in [3.63, 3.8) is 0 Å². The molecule has 0 spiro atoms. The third-order valence-corrected chi connectivity index (χ3v) is 5.92. The lowest BCUT2D eigenvalue weighted by molar-refractivity contribution is -0.385. The Kier molecular flexibility index (Phi) is 8.32. The summed E-state index contributed by atoms with van der Waals surface area (Å²) < 4.78 is 0. The van der Waals surface area contributed by atoms with Gasteiger partial charge < -0.3 is 10.6 Å². The van der Waals surface area contributed by atoms with Crippen molar-refractivity contribution >= 4 is 40.6 Å². The van der Waals surface area contributed by atoms with Gasteiger partial charge in [0.05, 0.1) is 21.6 Å². The van der Waals surface area contributed by atoms with Gasteiger partial charge in [0.1, 0.15) is 5.82 Å². The highest BCUT2D eigenvalue weighted by atomic mass is 32.2. The SMILES string of the molecule is Cc1ccc(NC(=O)CSc2n[nH]c([C@@H](NC(=O)c3cccc([N+](=O)[O-])c3)C(C)C)n2)cc1[N+](=O)[O-]. The van der Waals surface area contributed by atoms with Gasteiger partial charge >= 0.3 is 0 Å². The number of nitrogens with zero attached hydrogens (tertiary/aromatic N) is 4. The maximum Gasteiger partial charge on any atom is 0.274 e. The monoisotopic (exact) mass is 513 g/mol. The standard InChI is InChI=1S/C22H23N7O6S/c1-12(2)19(24-21(31)14-5-4-6-16(9-14)28(32)33)20-25-22(27-26-20)36-11-18(30)23-15-8-7-13(3)17(10-15)29(34)35/h4-10,12,19H,11H2,1-3H3,(H,23,30)(H,24,31)(H,25,26,27)/t19-/m0/s1. The average Bonchev–Trinajstić information content (AvgIpc) is 3.30. The van der Waals surface area contributed by atoms with Crippen molar-refractivity contribution in [1.82, 2.24) is 20.5 Å². The number of aromatic amines is 1. The molecule has 1 aromatic heterocycles. The van der Waals surface area contributed by atoms with Crippen molar-refractivity contribution in [3.05, 3.63) is 79.6 Å². The van der Waals surface area contributed by atoms with E-state index in [1.165, 1.54) is 30.3 Å². The van der Waals surface area contributed by atoms with E-state index in [1.54, 1.807) is 19.1 Å². The number of hydrogen-bond acceptors (Lipinski definition) is 9. The number of nitrogens with one attached hydrogen (secondary N) is 3. The van der Waals surface area contributed by atoms with E-state index in [2.05, 4.69) is 25.8 Å². The smallest absolute Gasteiger partial charge is 0.274 e. The van der Waals surface area contributed by atoms with Gasteiger partial charge in [-0.05, 0) is 25.0 Å². The predicted octanol–water partition coefficient (Wildman–Crippen LogP) is 3.79. The van der Waals surface area contributed by atoms with Crippen LogP contribution in [0.1, 0.15) is 41.6 Å². The summed E-state index contributed by atoms with van der Waals surface area (Å²) in [6.45, 7) is 5.33.